The van der Waals surface area contributed by atoms with Gasteiger partial charge in [-0.15, -0.1) is 24.0 Å². The number of guanidine groups is 1. The molecular formula is C20H33IN4O. The van der Waals surface area contributed by atoms with Crippen LogP contribution in [0.2, 0.25) is 0 Å². The number of benzene rings is 1. The van der Waals surface area contributed by atoms with Gasteiger partial charge in [-0.2, -0.15) is 0 Å². The molecule has 0 aromatic heterocycles. The number of hydrogen-bond donors (Lipinski definition) is 2. The summed E-state index contributed by atoms with van der Waals surface area (Å²) in [5.41, 5.74) is 1.15. The Morgan fingerprint density at radius 2 is 1.85 bits per heavy atom. The second-order valence-corrected chi connectivity index (χ2v) is 6.57. The first-order chi connectivity index (χ1) is 12.2. The van der Waals surface area contributed by atoms with Gasteiger partial charge in [0, 0.05) is 25.7 Å². The molecule has 1 aliphatic carbocycles. The molecule has 0 aliphatic heterocycles. The topological polar surface area (TPSA) is 56.7 Å². The molecular weight excluding hydrogens is 439 g/mol. The molecule has 146 valence electrons. The van der Waals surface area contributed by atoms with Crippen molar-refractivity contribution in [1.29, 1.82) is 0 Å². The van der Waals surface area contributed by atoms with Gasteiger partial charge in [-0.05, 0) is 32.3 Å². The van der Waals surface area contributed by atoms with E-state index in [1.54, 1.807) is 0 Å². The molecule has 26 heavy (non-hydrogen) atoms. The Bertz CT molecular complexity index is 544. The van der Waals surface area contributed by atoms with Crippen molar-refractivity contribution in [2.45, 2.75) is 58.5 Å². The lowest BCUT2D eigenvalue weighted by atomic mass is 9.96. The normalized spacial score (nSPS) is 15.1. The van der Waals surface area contributed by atoms with Crippen molar-refractivity contribution >= 4 is 35.8 Å². The summed E-state index contributed by atoms with van der Waals surface area (Å²) in [5.74, 6) is 0.825. The molecule has 2 rings (SSSR count). The van der Waals surface area contributed by atoms with Gasteiger partial charge in [0.1, 0.15) is 6.54 Å². The minimum Gasteiger partial charge on any atom is -0.357 e. The van der Waals surface area contributed by atoms with E-state index in [0.29, 0.717) is 19.1 Å². The first kappa shape index (κ1) is 22.7. The molecule has 2 N–H and O–H groups in total. The third kappa shape index (κ3) is 7.93. The highest BCUT2D eigenvalue weighted by Crippen LogP contribution is 2.17. The largest absolute Gasteiger partial charge is 0.357 e. The van der Waals surface area contributed by atoms with Crippen molar-refractivity contribution in [3.8, 4) is 0 Å². The number of likely N-dealkylation sites (N-methyl/N-ethyl adjacent to an activating group) is 1. The maximum atomic E-state index is 12.5. The zero-order valence-corrected chi connectivity index (χ0v) is 18.4. The fourth-order valence-electron chi connectivity index (χ4n) is 3.19. The van der Waals surface area contributed by atoms with Crippen LogP contribution in [0.5, 0.6) is 0 Å². The average Bonchev–Trinajstić information content (AvgIpc) is 2.66. The van der Waals surface area contributed by atoms with E-state index in [1.807, 2.05) is 49.1 Å². The minimum absolute atomic E-state index is 0. The zero-order chi connectivity index (χ0) is 17.9. The number of nitrogens with one attached hydrogen (secondary N) is 2. The number of carbonyl (C=O) groups excluding carboxylic acids is 1. The van der Waals surface area contributed by atoms with E-state index >= 15 is 0 Å². The highest BCUT2D eigenvalue weighted by Gasteiger charge is 2.16. The van der Waals surface area contributed by atoms with Gasteiger partial charge in [0.05, 0.1) is 0 Å². The molecule has 0 saturated heterocycles. The summed E-state index contributed by atoms with van der Waals surface area (Å²) in [7, 11) is 0. The smallest absolute Gasteiger partial charge is 0.244 e. The van der Waals surface area contributed by atoms with E-state index in [1.165, 1.54) is 32.1 Å². The molecule has 1 amide bonds. The van der Waals surface area contributed by atoms with Gasteiger partial charge in [-0.3, -0.25) is 4.79 Å². The number of aliphatic imine (C=N–C) groups is 1. The van der Waals surface area contributed by atoms with Crippen LogP contribution in [0.4, 0.5) is 0 Å². The minimum atomic E-state index is 0. The molecule has 6 heteroatoms. The second kappa shape index (κ2) is 12.9. The lowest BCUT2D eigenvalue weighted by molar-refractivity contribution is -0.130. The van der Waals surface area contributed by atoms with E-state index < -0.39 is 0 Å². The first-order valence-electron chi connectivity index (χ1n) is 9.59. The number of halogens is 1. The number of hydrogen-bond acceptors (Lipinski definition) is 2. The van der Waals surface area contributed by atoms with Crippen LogP contribution in [0.25, 0.3) is 0 Å². The van der Waals surface area contributed by atoms with Crippen LogP contribution in [0.3, 0.4) is 0 Å². The number of carbonyl (C=O) groups is 1. The first-order valence-corrected chi connectivity index (χ1v) is 9.59. The van der Waals surface area contributed by atoms with Crippen LogP contribution in [-0.2, 0) is 11.3 Å². The van der Waals surface area contributed by atoms with Crippen molar-refractivity contribution in [2.24, 2.45) is 4.99 Å². The van der Waals surface area contributed by atoms with Crippen LogP contribution < -0.4 is 10.6 Å². The van der Waals surface area contributed by atoms with Crippen molar-refractivity contribution in [3.63, 3.8) is 0 Å². The predicted molar refractivity (Wildman–Crippen MR) is 119 cm³/mol. The van der Waals surface area contributed by atoms with Crippen LogP contribution in [0.15, 0.2) is 35.3 Å². The maximum absolute atomic E-state index is 12.5. The summed E-state index contributed by atoms with van der Waals surface area (Å²) in [6.45, 7) is 6.37. The molecule has 0 unspecified atom stereocenters. The van der Waals surface area contributed by atoms with E-state index in [0.717, 1.165) is 18.1 Å². The van der Waals surface area contributed by atoms with Crippen molar-refractivity contribution < 1.29 is 4.79 Å². The van der Waals surface area contributed by atoms with Gasteiger partial charge < -0.3 is 15.5 Å². The lowest BCUT2D eigenvalue weighted by Crippen LogP contribution is -2.45. The molecule has 1 saturated carbocycles. The Hall–Kier alpha value is -1.31. The molecule has 1 aromatic carbocycles. The highest BCUT2D eigenvalue weighted by molar-refractivity contribution is 14.0. The Balaban J connectivity index is 0.00000338. The molecule has 5 nitrogen and oxygen atoms in total. The lowest BCUT2D eigenvalue weighted by Gasteiger charge is -2.25. The van der Waals surface area contributed by atoms with Crippen LogP contribution in [0.1, 0.15) is 51.5 Å². The Morgan fingerprint density at radius 3 is 2.46 bits per heavy atom. The summed E-state index contributed by atoms with van der Waals surface area (Å²) in [4.78, 5) is 18.9. The summed E-state index contributed by atoms with van der Waals surface area (Å²) in [5, 5.41) is 6.75. The molecule has 0 bridgehead atoms. The molecule has 1 aliphatic rings. The van der Waals surface area contributed by atoms with E-state index in [-0.39, 0.29) is 36.4 Å². The van der Waals surface area contributed by atoms with Crippen molar-refractivity contribution in [1.82, 2.24) is 15.5 Å². The third-order valence-electron chi connectivity index (χ3n) is 4.61. The number of rotatable bonds is 7. The van der Waals surface area contributed by atoms with E-state index in [4.69, 9.17) is 0 Å². The standard InChI is InChI=1S/C20H32N4O.HI/c1-3-21-20(23-18-13-9-6-10-14-18)22-15-19(25)24(4-2)16-17-11-7-5-8-12-17;/h5,7-8,11-12,18H,3-4,6,9-10,13-16H2,1-2H3,(H2,21,22,23);1H. The summed E-state index contributed by atoms with van der Waals surface area (Å²) < 4.78 is 0. The van der Waals surface area contributed by atoms with Gasteiger partial charge in [0.25, 0.3) is 0 Å². The quantitative estimate of drug-likeness (QED) is 0.363. The van der Waals surface area contributed by atoms with E-state index in [2.05, 4.69) is 15.6 Å². The molecule has 0 radical (unpaired) electrons. The Labute approximate surface area is 175 Å². The fourth-order valence-corrected chi connectivity index (χ4v) is 3.19. The fraction of sp³-hybridized carbons (Fsp3) is 0.600. The monoisotopic (exact) mass is 472 g/mol. The molecule has 0 spiro atoms. The van der Waals surface area contributed by atoms with Gasteiger partial charge in [0.15, 0.2) is 5.96 Å². The third-order valence-corrected chi connectivity index (χ3v) is 4.61. The molecule has 1 fully saturated rings. The summed E-state index contributed by atoms with van der Waals surface area (Å²) in [6, 6.07) is 10.6. The Kier molecular flexibility index (Phi) is 11.3. The van der Waals surface area contributed by atoms with Gasteiger partial charge in [-0.1, -0.05) is 49.6 Å². The Morgan fingerprint density at radius 1 is 1.15 bits per heavy atom. The van der Waals surface area contributed by atoms with Crippen LogP contribution in [-0.4, -0.2) is 42.4 Å². The second-order valence-electron chi connectivity index (χ2n) is 6.57. The van der Waals surface area contributed by atoms with Crippen LogP contribution in [0, 0.1) is 0 Å². The van der Waals surface area contributed by atoms with E-state index in [9.17, 15) is 4.79 Å². The summed E-state index contributed by atoms with van der Waals surface area (Å²) in [6.07, 6.45) is 6.25. The van der Waals surface area contributed by atoms with Gasteiger partial charge in [-0.25, -0.2) is 4.99 Å². The highest BCUT2D eigenvalue weighted by atomic mass is 127. The molecule has 0 atom stereocenters. The number of nitrogens with zero attached hydrogens (tertiary/aromatic N) is 2. The van der Waals surface area contributed by atoms with Gasteiger partial charge in [0.2, 0.25) is 5.91 Å². The SMILES string of the molecule is CCNC(=NCC(=O)N(CC)Cc1ccccc1)NC1CCCCC1.I. The van der Waals surface area contributed by atoms with Crippen molar-refractivity contribution in [2.75, 3.05) is 19.6 Å². The maximum Gasteiger partial charge on any atom is 0.244 e. The predicted octanol–water partition coefficient (Wildman–Crippen LogP) is 3.54. The van der Waals surface area contributed by atoms with Crippen molar-refractivity contribution in [3.05, 3.63) is 35.9 Å². The molecule has 0 heterocycles. The number of amides is 1. The summed E-state index contributed by atoms with van der Waals surface area (Å²) >= 11 is 0. The van der Waals surface area contributed by atoms with Crippen LogP contribution >= 0.6 is 24.0 Å². The van der Waals surface area contributed by atoms with Gasteiger partial charge >= 0.3 is 0 Å². The average molecular weight is 472 g/mol. The molecule has 1 aromatic rings. The zero-order valence-electron chi connectivity index (χ0n) is 16.0.